The van der Waals surface area contributed by atoms with Gasteiger partial charge in [-0.3, -0.25) is 4.79 Å². The maximum Gasteiger partial charge on any atom is 0.275 e. The number of carbonyl (C=O) groups is 1. The van der Waals surface area contributed by atoms with Crippen LogP contribution in [-0.2, 0) is 4.79 Å². The van der Waals surface area contributed by atoms with Gasteiger partial charge in [-0.05, 0) is 52.0 Å². The molecular weight excluding hydrogens is 332 g/mol. The van der Waals surface area contributed by atoms with Crippen molar-refractivity contribution >= 4 is 21.8 Å². The summed E-state index contributed by atoms with van der Waals surface area (Å²) in [4.78, 5) is 13.1. The summed E-state index contributed by atoms with van der Waals surface area (Å²) in [7, 11) is 0. The van der Waals surface area contributed by atoms with Crippen LogP contribution in [0.25, 0.3) is 0 Å². The monoisotopic (exact) mass is 357 g/mol. The van der Waals surface area contributed by atoms with E-state index in [1.807, 2.05) is 45.0 Å². The van der Waals surface area contributed by atoms with Crippen molar-refractivity contribution in [3.05, 3.63) is 28.7 Å². The van der Waals surface area contributed by atoms with Gasteiger partial charge in [-0.25, -0.2) is 0 Å². The van der Waals surface area contributed by atoms with Crippen LogP contribution in [0.5, 0.6) is 5.75 Å². The molecular formula is C16H26BrN2O2+. The SMILES string of the molecule is CC[NH+](CCOc1ccc(Br)cc1)CC(=O)NC(C)(C)C. The number of nitrogens with one attached hydrogen (secondary N) is 2. The Labute approximate surface area is 136 Å². The Morgan fingerprint density at radius 1 is 1.29 bits per heavy atom. The van der Waals surface area contributed by atoms with Crippen LogP contribution < -0.4 is 15.0 Å². The number of benzene rings is 1. The van der Waals surface area contributed by atoms with Crippen molar-refractivity contribution < 1.29 is 14.4 Å². The van der Waals surface area contributed by atoms with Crippen molar-refractivity contribution in [3.8, 4) is 5.75 Å². The number of hydrogen-bond acceptors (Lipinski definition) is 2. The van der Waals surface area contributed by atoms with E-state index in [9.17, 15) is 4.79 Å². The van der Waals surface area contributed by atoms with Gasteiger partial charge < -0.3 is 15.0 Å². The molecule has 0 aliphatic rings. The lowest BCUT2D eigenvalue weighted by molar-refractivity contribution is -0.890. The van der Waals surface area contributed by atoms with Gasteiger partial charge in [-0.1, -0.05) is 15.9 Å². The van der Waals surface area contributed by atoms with Crippen LogP contribution >= 0.6 is 15.9 Å². The predicted octanol–water partition coefficient (Wildman–Crippen LogP) is 1.65. The van der Waals surface area contributed by atoms with E-state index in [0.717, 1.165) is 23.3 Å². The number of likely N-dealkylation sites (N-methyl/N-ethyl adjacent to an activating group) is 1. The minimum Gasteiger partial charge on any atom is -0.488 e. The molecule has 21 heavy (non-hydrogen) atoms. The first-order valence-corrected chi connectivity index (χ1v) is 8.12. The fourth-order valence-electron chi connectivity index (χ4n) is 1.92. The molecule has 1 aromatic carbocycles. The fraction of sp³-hybridized carbons (Fsp3) is 0.562. The van der Waals surface area contributed by atoms with E-state index in [2.05, 4.69) is 28.2 Å². The maximum atomic E-state index is 11.9. The molecule has 2 N–H and O–H groups in total. The number of rotatable bonds is 7. The molecule has 5 heteroatoms. The number of halogens is 1. The Morgan fingerprint density at radius 2 is 1.90 bits per heavy atom. The molecule has 1 atom stereocenters. The molecule has 0 saturated carbocycles. The van der Waals surface area contributed by atoms with Crippen molar-refractivity contribution in [2.75, 3.05) is 26.2 Å². The Hall–Kier alpha value is -1.07. The quantitative estimate of drug-likeness (QED) is 0.778. The molecule has 0 fully saturated rings. The lowest BCUT2D eigenvalue weighted by Gasteiger charge is -2.23. The average Bonchev–Trinajstić information content (AvgIpc) is 2.37. The normalized spacial score (nSPS) is 12.8. The van der Waals surface area contributed by atoms with Gasteiger partial charge in [0, 0.05) is 10.0 Å². The molecule has 1 aromatic rings. The van der Waals surface area contributed by atoms with E-state index in [1.54, 1.807) is 0 Å². The summed E-state index contributed by atoms with van der Waals surface area (Å²) in [6.07, 6.45) is 0. The van der Waals surface area contributed by atoms with E-state index in [1.165, 1.54) is 4.90 Å². The summed E-state index contributed by atoms with van der Waals surface area (Å²) in [6.45, 7) is 10.9. The Morgan fingerprint density at radius 3 is 2.43 bits per heavy atom. The Bertz CT molecular complexity index is 441. The summed E-state index contributed by atoms with van der Waals surface area (Å²) in [5.74, 6) is 0.941. The lowest BCUT2D eigenvalue weighted by Crippen LogP contribution is -3.13. The first-order chi connectivity index (χ1) is 9.80. The third kappa shape index (κ3) is 8.07. The van der Waals surface area contributed by atoms with Gasteiger partial charge in [0.25, 0.3) is 5.91 Å². The number of quaternary nitrogens is 1. The van der Waals surface area contributed by atoms with Crippen molar-refractivity contribution in [3.63, 3.8) is 0 Å². The standard InChI is InChI=1S/C16H25BrN2O2/c1-5-19(12-15(20)18-16(2,3)4)10-11-21-14-8-6-13(17)7-9-14/h6-9H,5,10-12H2,1-4H3,(H,18,20)/p+1. The minimum absolute atomic E-state index is 0.0861. The van der Waals surface area contributed by atoms with Crippen LogP contribution in [0, 0.1) is 0 Å². The van der Waals surface area contributed by atoms with Crippen LogP contribution in [0.4, 0.5) is 0 Å². The van der Waals surface area contributed by atoms with Gasteiger partial charge in [0.15, 0.2) is 6.54 Å². The molecule has 1 amide bonds. The number of hydrogen-bond donors (Lipinski definition) is 2. The molecule has 1 rings (SSSR count). The zero-order valence-electron chi connectivity index (χ0n) is 13.3. The van der Waals surface area contributed by atoms with Gasteiger partial charge in [-0.15, -0.1) is 0 Å². The van der Waals surface area contributed by atoms with E-state index in [0.29, 0.717) is 13.2 Å². The van der Waals surface area contributed by atoms with Crippen LogP contribution in [0.3, 0.4) is 0 Å². The summed E-state index contributed by atoms with van der Waals surface area (Å²) in [5, 5.41) is 2.99. The average molecular weight is 358 g/mol. The van der Waals surface area contributed by atoms with Crippen LogP contribution in [0.15, 0.2) is 28.7 Å². The van der Waals surface area contributed by atoms with Crippen molar-refractivity contribution in [2.45, 2.75) is 33.2 Å². The van der Waals surface area contributed by atoms with Crippen molar-refractivity contribution in [2.24, 2.45) is 0 Å². The van der Waals surface area contributed by atoms with E-state index >= 15 is 0 Å². The first kappa shape index (κ1) is 18.0. The number of carbonyl (C=O) groups excluding carboxylic acids is 1. The summed E-state index contributed by atoms with van der Waals surface area (Å²) < 4.78 is 6.74. The Kier molecular flexibility index (Phi) is 7.18. The number of amides is 1. The highest BCUT2D eigenvalue weighted by Gasteiger charge is 2.18. The van der Waals surface area contributed by atoms with Gasteiger partial charge in [0.2, 0.25) is 0 Å². The van der Waals surface area contributed by atoms with Crippen LogP contribution in [-0.4, -0.2) is 37.7 Å². The lowest BCUT2D eigenvalue weighted by atomic mass is 10.1. The largest absolute Gasteiger partial charge is 0.488 e. The molecule has 0 aliphatic heterocycles. The van der Waals surface area contributed by atoms with Gasteiger partial charge in [0.05, 0.1) is 6.54 Å². The molecule has 4 nitrogen and oxygen atoms in total. The number of ether oxygens (including phenoxy) is 1. The highest BCUT2D eigenvalue weighted by molar-refractivity contribution is 9.10. The third-order valence-corrected chi connectivity index (χ3v) is 3.49. The van der Waals surface area contributed by atoms with E-state index in [4.69, 9.17) is 4.74 Å². The van der Waals surface area contributed by atoms with Crippen LogP contribution in [0.1, 0.15) is 27.7 Å². The molecule has 0 radical (unpaired) electrons. The van der Waals surface area contributed by atoms with Gasteiger partial charge in [0.1, 0.15) is 18.9 Å². The zero-order chi connectivity index (χ0) is 15.9. The van der Waals surface area contributed by atoms with Crippen molar-refractivity contribution in [1.29, 1.82) is 0 Å². The summed E-state index contributed by atoms with van der Waals surface area (Å²) in [6, 6.07) is 7.77. The molecule has 0 saturated heterocycles. The fourth-order valence-corrected chi connectivity index (χ4v) is 2.19. The first-order valence-electron chi connectivity index (χ1n) is 7.33. The molecule has 0 aromatic heterocycles. The molecule has 1 unspecified atom stereocenters. The zero-order valence-corrected chi connectivity index (χ0v) is 14.9. The Balaban J connectivity index is 2.34. The predicted molar refractivity (Wildman–Crippen MR) is 88.8 cm³/mol. The minimum atomic E-state index is -0.177. The maximum absolute atomic E-state index is 11.9. The second kappa shape index (κ2) is 8.39. The molecule has 0 aliphatic carbocycles. The second-order valence-corrected chi connectivity index (χ2v) is 7.05. The summed E-state index contributed by atoms with van der Waals surface area (Å²) >= 11 is 3.39. The van der Waals surface area contributed by atoms with Crippen molar-refractivity contribution in [1.82, 2.24) is 5.32 Å². The molecule has 0 spiro atoms. The second-order valence-electron chi connectivity index (χ2n) is 6.13. The van der Waals surface area contributed by atoms with E-state index < -0.39 is 0 Å². The molecule has 118 valence electrons. The molecule has 0 heterocycles. The summed E-state index contributed by atoms with van der Waals surface area (Å²) in [5.41, 5.74) is -0.177. The van der Waals surface area contributed by atoms with Gasteiger partial charge in [-0.2, -0.15) is 0 Å². The van der Waals surface area contributed by atoms with Gasteiger partial charge >= 0.3 is 0 Å². The highest BCUT2D eigenvalue weighted by atomic mass is 79.9. The highest BCUT2D eigenvalue weighted by Crippen LogP contribution is 2.15. The molecule has 0 bridgehead atoms. The van der Waals surface area contributed by atoms with E-state index in [-0.39, 0.29) is 11.4 Å². The van der Waals surface area contributed by atoms with Crippen LogP contribution in [0.2, 0.25) is 0 Å². The smallest absolute Gasteiger partial charge is 0.275 e. The topological polar surface area (TPSA) is 42.8 Å². The third-order valence-electron chi connectivity index (χ3n) is 2.96.